The van der Waals surface area contributed by atoms with Crippen molar-refractivity contribution in [2.24, 2.45) is 0 Å². The molecule has 0 radical (unpaired) electrons. The number of hydrogen-bond acceptors (Lipinski definition) is 2. The zero-order valence-corrected chi connectivity index (χ0v) is 11.3. The average Bonchev–Trinajstić information content (AvgIpc) is 2.72. The summed E-state index contributed by atoms with van der Waals surface area (Å²) in [7, 11) is 0. The van der Waals surface area contributed by atoms with Gasteiger partial charge in [0.2, 0.25) is 0 Å². The van der Waals surface area contributed by atoms with Crippen molar-refractivity contribution >= 4 is 5.91 Å². The molecular formula is C17H14FNO2. The quantitative estimate of drug-likeness (QED) is 0.880. The molecule has 2 aromatic rings. The predicted molar refractivity (Wildman–Crippen MR) is 77.1 cm³/mol. The molecule has 4 heteroatoms. The predicted octanol–water partition coefficient (Wildman–Crippen LogP) is 2.66. The molecule has 1 atom stereocenters. The first-order chi connectivity index (χ1) is 10.1. The van der Waals surface area contributed by atoms with Crippen molar-refractivity contribution in [1.82, 2.24) is 4.90 Å². The van der Waals surface area contributed by atoms with Crippen LogP contribution in [0.25, 0.3) is 0 Å². The van der Waals surface area contributed by atoms with Crippen molar-refractivity contribution in [3.63, 3.8) is 0 Å². The Morgan fingerprint density at radius 3 is 2.52 bits per heavy atom. The Morgan fingerprint density at radius 1 is 1.19 bits per heavy atom. The van der Waals surface area contributed by atoms with E-state index in [1.165, 1.54) is 29.2 Å². The molecule has 0 aromatic heterocycles. The second-order valence-corrected chi connectivity index (χ2v) is 4.93. The number of hydrogen-bond donors (Lipinski definition) is 1. The SMILES string of the molecule is C=CCN1C(=O)c2ccccc2C1(O)c1ccc(F)cc1. The molecule has 0 aliphatic carbocycles. The highest BCUT2D eigenvalue weighted by atomic mass is 19.1. The van der Waals surface area contributed by atoms with Crippen LogP contribution in [-0.2, 0) is 5.72 Å². The zero-order chi connectivity index (χ0) is 15.0. The molecule has 0 fully saturated rings. The average molecular weight is 283 g/mol. The van der Waals surface area contributed by atoms with E-state index in [-0.39, 0.29) is 12.5 Å². The van der Waals surface area contributed by atoms with Crippen LogP contribution in [0.3, 0.4) is 0 Å². The lowest BCUT2D eigenvalue weighted by Gasteiger charge is -2.34. The molecule has 106 valence electrons. The van der Waals surface area contributed by atoms with Gasteiger partial charge in [-0.25, -0.2) is 4.39 Å². The summed E-state index contributed by atoms with van der Waals surface area (Å²) in [6.07, 6.45) is 1.55. The maximum atomic E-state index is 13.1. The molecule has 0 bridgehead atoms. The minimum atomic E-state index is -1.60. The smallest absolute Gasteiger partial charge is 0.257 e. The maximum Gasteiger partial charge on any atom is 0.257 e. The summed E-state index contributed by atoms with van der Waals surface area (Å²) in [4.78, 5) is 13.8. The number of carbonyl (C=O) groups is 1. The van der Waals surface area contributed by atoms with E-state index in [9.17, 15) is 14.3 Å². The number of rotatable bonds is 3. The second-order valence-electron chi connectivity index (χ2n) is 4.93. The second kappa shape index (κ2) is 4.82. The lowest BCUT2D eigenvalue weighted by molar-refractivity contribution is -0.0444. The lowest BCUT2D eigenvalue weighted by atomic mass is 9.94. The Kier molecular flexibility index (Phi) is 3.11. The van der Waals surface area contributed by atoms with E-state index in [4.69, 9.17) is 0 Å². The third-order valence-electron chi connectivity index (χ3n) is 3.73. The summed E-state index contributed by atoms with van der Waals surface area (Å²) in [6.45, 7) is 3.83. The monoisotopic (exact) mass is 283 g/mol. The van der Waals surface area contributed by atoms with Crippen molar-refractivity contribution < 1.29 is 14.3 Å². The van der Waals surface area contributed by atoms with E-state index in [2.05, 4.69) is 6.58 Å². The van der Waals surface area contributed by atoms with Gasteiger partial charge >= 0.3 is 0 Å². The van der Waals surface area contributed by atoms with Crippen molar-refractivity contribution in [1.29, 1.82) is 0 Å². The molecule has 1 heterocycles. The van der Waals surface area contributed by atoms with Gasteiger partial charge in [-0.3, -0.25) is 9.69 Å². The Hall–Kier alpha value is -2.46. The summed E-state index contributed by atoms with van der Waals surface area (Å²) < 4.78 is 13.1. The van der Waals surface area contributed by atoms with E-state index < -0.39 is 11.5 Å². The normalized spacial score (nSPS) is 20.5. The third kappa shape index (κ3) is 1.87. The van der Waals surface area contributed by atoms with Crippen LogP contribution in [0.1, 0.15) is 21.5 Å². The molecule has 1 aliphatic heterocycles. The zero-order valence-electron chi connectivity index (χ0n) is 11.3. The first kappa shape index (κ1) is 13.5. The Bertz CT molecular complexity index is 711. The van der Waals surface area contributed by atoms with Gasteiger partial charge in [-0.15, -0.1) is 6.58 Å². The topological polar surface area (TPSA) is 40.5 Å². The molecule has 2 aromatic carbocycles. The van der Waals surface area contributed by atoms with E-state index in [0.29, 0.717) is 16.7 Å². The Morgan fingerprint density at radius 2 is 1.86 bits per heavy atom. The summed E-state index contributed by atoms with van der Waals surface area (Å²) in [5.74, 6) is -0.660. The van der Waals surface area contributed by atoms with Gasteiger partial charge in [-0.2, -0.15) is 0 Å². The highest BCUT2D eigenvalue weighted by Crippen LogP contribution is 2.41. The van der Waals surface area contributed by atoms with E-state index in [1.54, 1.807) is 30.3 Å². The van der Waals surface area contributed by atoms with Crippen molar-refractivity contribution in [2.75, 3.05) is 6.54 Å². The van der Waals surface area contributed by atoms with Crippen LogP contribution in [-0.4, -0.2) is 22.5 Å². The molecule has 3 rings (SSSR count). The largest absolute Gasteiger partial charge is 0.363 e. The molecule has 3 nitrogen and oxygen atoms in total. The number of halogens is 1. The third-order valence-corrected chi connectivity index (χ3v) is 3.73. The summed E-state index contributed by atoms with van der Waals surface area (Å²) in [5.41, 5.74) is -0.200. The van der Waals surface area contributed by atoms with Crippen LogP contribution in [0, 0.1) is 5.82 Å². The molecule has 21 heavy (non-hydrogen) atoms. The van der Waals surface area contributed by atoms with Gasteiger partial charge in [-0.05, 0) is 18.2 Å². The minimum Gasteiger partial charge on any atom is -0.363 e. The Balaban J connectivity index is 2.23. The Labute approximate surface area is 121 Å². The number of fused-ring (bicyclic) bond motifs is 1. The fourth-order valence-electron chi connectivity index (χ4n) is 2.75. The van der Waals surface area contributed by atoms with E-state index in [1.807, 2.05) is 0 Å². The number of aliphatic hydroxyl groups is 1. The molecule has 1 aliphatic rings. The van der Waals surface area contributed by atoms with Gasteiger partial charge in [0.05, 0.1) is 0 Å². The molecule has 1 unspecified atom stereocenters. The number of carbonyl (C=O) groups excluding carboxylic acids is 1. The summed E-state index contributed by atoms with van der Waals surface area (Å²) in [5, 5.41) is 11.2. The summed E-state index contributed by atoms with van der Waals surface area (Å²) in [6, 6.07) is 12.4. The van der Waals surface area contributed by atoms with Gasteiger partial charge in [0.15, 0.2) is 5.72 Å². The number of nitrogens with zero attached hydrogens (tertiary/aromatic N) is 1. The van der Waals surface area contributed by atoms with Gasteiger partial charge < -0.3 is 5.11 Å². The van der Waals surface area contributed by atoms with Crippen molar-refractivity contribution in [3.05, 3.63) is 83.7 Å². The van der Waals surface area contributed by atoms with E-state index in [0.717, 1.165) is 0 Å². The van der Waals surface area contributed by atoms with Crippen molar-refractivity contribution in [3.8, 4) is 0 Å². The van der Waals surface area contributed by atoms with Gasteiger partial charge in [0.25, 0.3) is 5.91 Å². The number of amides is 1. The van der Waals surface area contributed by atoms with Gasteiger partial charge in [-0.1, -0.05) is 36.4 Å². The summed E-state index contributed by atoms with van der Waals surface area (Å²) >= 11 is 0. The van der Waals surface area contributed by atoms with Crippen LogP contribution in [0.2, 0.25) is 0 Å². The van der Waals surface area contributed by atoms with Crippen LogP contribution >= 0.6 is 0 Å². The lowest BCUT2D eigenvalue weighted by Crippen LogP contribution is -2.44. The van der Waals surface area contributed by atoms with Gasteiger partial charge in [0, 0.05) is 23.2 Å². The molecule has 0 saturated heterocycles. The first-order valence-electron chi connectivity index (χ1n) is 6.60. The van der Waals surface area contributed by atoms with Gasteiger partial charge in [0.1, 0.15) is 5.82 Å². The fraction of sp³-hybridized carbons (Fsp3) is 0.118. The van der Waals surface area contributed by atoms with E-state index >= 15 is 0 Å². The highest BCUT2D eigenvalue weighted by Gasteiger charge is 2.49. The fourth-order valence-corrected chi connectivity index (χ4v) is 2.75. The molecule has 1 N–H and O–H groups in total. The standard InChI is InChI=1S/C17H14FNO2/c1-2-11-19-16(20)14-5-3-4-6-15(14)17(19,21)12-7-9-13(18)10-8-12/h2-10,21H,1,11H2. The van der Waals surface area contributed by atoms with Crippen LogP contribution in [0.15, 0.2) is 61.2 Å². The minimum absolute atomic E-state index is 0.196. The van der Waals surface area contributed by atoms with Crippen LogP contribution in [0.4, 0.5) is 4.39 Å². The van der Waals surface area contributed by atoms with Crippen LogP contribution < -0.4 is 0 Å². The molecular weight excluding hydrogens is 269 g/mol. The highest BCUT2D eigenvalue weighted by molar-refractivity contribution is 6.00. The molecule has 0 spiro atoms. The maximum absolute atomic E-state index is 13.1. The first-order valence-corrected chi connectivity index (χ1v) is 6.60. The molecule has 0 saturated carbocycles. The van der Waals surface area contributed by atoms with Crippen molar-refractivity contribution in [2.45, 2.75) is 5.72 Å². The van der Waals surface area contributed by atoms with Crippen LogP contribution in [0.5, 0.6) is 0 Å². The molecule has 1 amide bonds. The number of benzene rings is 2.